The van der Waals surface area contributed by atoms with Gasteiger partial charge in [-0.3, -0.25) is 14.7 Å². The van der Waals surface area contributed by atoms with Crippen molar-refractivity contribution in [1.82, 2.24) is 15.1 Å². The summed E-state index contributed by atoms with van der Waals surface area (Å²) in [5.41, 5.74) is 2.13. The van der Waals surface area contributed by atoms with Crippen LogP contribution in [0.5, 0.6) is 0 Å². The van der Waals surface area contributed by atoms with Gasteiger partial charge in [-0.1, -0.05) is 28.1 Å². The molecule has 0 saturated carbocycles. The number of benzene rings is 2. The number of rotatable bonds is 4. The molecule has 0 radical (unpaired) electrons. The number of aromatic nitrogens is 2. The van der Waals surface area contributed by atoms with Crippen LogP contribution in [0.4, 0.5) is 5.69 Å². The van der Waals surface area contributed by atoms with Crippen LogP contribution < -0.4 is 5.32 Å². The number of carbonyl (C=O) groups is 2. The second-order valence-corrected chi connectivity index (χ2v) is 7.80. The molecule has 7 nitrogen and oxygen atoms in total. The minimum atomic E-state index is -1.22. The first-order valence-corrected chi connectivity index (χ1v) is 9.77. The van der Waals surface area contributed by atoms with E-state index in [4.69, 9.17) is 0 Å². The number of aromatic amines is 1. The Balaban J connectivity index is 1.38. The van der Waals surface area contributed by atoms with Crippen molar-refractivity contribution >= 4 is 44.3 Å². The summed E-state index contributed by atoms with van der Waals surface area (Å²) in [5, 5.41) is 21.0. The summed E-state index contributed by atoms with van der Waals surface area (Å²) in [6.45, 7) is 0.748. The van der Waals surface area contributed by atoms with Crippen LogP contribution in [0.25, 0.3) is 10.9 Å². The van der Waals surface area contributed by atoms with Gasteiger partial charge in [0.15, 0.2) is 6.10 Å². The molecule has 1 saturated heterocycles. The number of amides is 2. The summed E-state index contributed by atoms with van der Waals surface area (Å²) in [4.78, 5) is 26.7. The van der Waals surface area contributed by atoms with E-state index in [1.165, 1.54) is 0 Å². The van der Waals surface area contributed by atoms with Gasteiger partial charge in [0.2, 0.25) is 5.91 Å². The van der Waals surface area contributed by atoms with E-state index in [2.05, 4.69) is 31.4 Å². The van der Waals surface area contributed by atoms with Crippen molar-refractivity contribution in [3.05, 3.63) is 58.7 Å². The van der Waals surface area contributed by atoms with E-state index in [0.29, 0.717) is 30.8 Å². The topological polar surface area (TPSA) is 98.3 Å². The van der Waals surface area contributed by atoms with Gasteiger partial charge in [0.25, 0.3) is 5.91 Å². The van der Waals surface area contributed by atoms with Crippen molar-refractivity contribution < 1.29 is 14.7 Å². The third-order valence-corrected chi connectivity index (χ3v) is 5.53. The number of nitrogens with one attached hydrogen (secondary N) is 2. The van der Waals surface area contributed by atoms with Crippen molar-refractivity contribution in [2.45, 2.75) is 12.5 Å². The van der Waals surface area contributed by atoms with Gasteiger partial charge in [-0.15, -0.1) is 0 Å². The fourth-order valence-electron chi connectivity index (χ4n) is 3.40. The average Bonchev–Trinajstić information content (AvgIpc) is 3.36. The quantitative estimate of drug-likeness (QED) is 0.578. The van der Waals surface area contributed by atoms with Crippen LogP contribution >= 0.6 is 15.9 Å². The zero-order chi connectivity index (χ0) is 19.7. The Hall–Kier alpha value is -2.71. The molecule has 1 unspecified atom stereocenters. The molecular weight excluding hydrogens is 424 g/mol. The molecule has 28 heavy (non-hydrogen) atoms. The zero-order valence-electron chi connectivity index (χ0n) is 14.9. The van der Waals surface area contributed by atoms with E-state index in [-0.39, 0.29) is 17.7 Å². The van der Waals surface area contributed by atoms with Gasteiger partial charge < -0.3 is 15.3 Å². The van der Waals surface area contributed by atoms with Crippen LogP contribution in [-0.4, -0.2) is 45.1 Å². The first-order chi connectivity index (χ1) is 13.5. The van der Waals surface area contributed by atoms with Gasteiger partial charge in [-0.05, 0) is 42.3 Å². The molecule has 1 aliphatic heterocycles. The molecule has 8 heteroatoms. The second kappa shape index (κ2) is 7.73. The van der Waals surface area contributed by atoms with Crippen LogP contribution in [0.1, 0.15) is 18.1 Å². The Morgan fingerprint density at radius 3 is 2.82 bits per heavy atom. The molecule has 2 atom stereocenters. The zero-order valence-corrected chi connectivity index (χ0v) is 16.5. The normalized spacial score (nSPS) is 17.6. The molecule has 0 spiro atoms. The van der Waals surface area contributed by atoms with E-state index < -0.39 is 6.10 Å². The van der Waals surface area contributed by atoms with Crippen molar-refractivity contribution in [2.75, 3.05) is 18.4 Å². The number of halogens is 1. The minimum absolute atomic E-state index is 0.128. The summed E-state index contributed by atoms with van der Waals surface area (Å²) in [5.74, 6) is -0.810. The summed E-state index contributed by atoms with van der Waals surface area (Å²) in [7, 11) is 0. The van der Waals surface area contributed by atoms with Crippen molar-refractivity contribution in [2.24, 2.45) is 5.92 Å². The molecule has 0 aliphatic carbocycles. The smallest absolute Gasteiger partial charge is 0.256 e. The monoisotopic (exact) mass is 442 g/mol. The van der Waals surface area contributed by atoms with Crippen LogP contribution in [0.2, 0.25) is 0 Å². The number of anilines is 1. The molecule has 2 heterocycles. The molecular formula is C20H19BrN4O3. The lowest BCUT2D eigenvalue weighted by molar-refractivity contribution is -0.139. The van der Waals surface area contributed by atoms with E-state index in [0.717, 1.165) is 15.4 Å². The fraction of sp³-hybridized carbons (Fsp3) is 0.250. The summed E-state index contributed by atoms with van der Waals surface area (Å²) in [6.07, 6.45) is 1.04. The number of nitrogens with zero attached hydrogens (tertiary/aromatic N) is 2. The van der Waals surface area contributed by atoms with Gasteiger partial charge in [-0.2, -0.15) is 5.10 Å². The summed E-state index contributed by atoms with van der Waals surface area (Å²) in [6, 6.07) is 12.5. The van der Waals surface area contributed by atoms with Crippen LogP contribution in [0, 0.1) is 5.92 Å². The van der Waals surface area contributed by atoms with Gasteiger partial charge in [0, 0.05) is 28.6 Å². The molecule has 2 aromatic carbocycles. The molecule has 3 aromatic rings. The lowest BCUT2D eigenvalue weighted by atomic mass is 10.1. The van der Waals surface area contributed by atoms with E-state index in [1.807, 2.05) is 18.2 Å². The maximum Gasteiger partial charge on any atom is 0.256 e. The molecule has 1 aliphatic rings. The Kier molecular flexibility index (Phi) is 5.15. The first kappa shape index (κ1) is 18.6. The number of likely N-dealkylation sites (tertiary alicyclic amines) is 1. The third kappa shape index (κ3) is 3.79. The maximum atomic E-state index is 12.6. The standard InChI is InChI=1S/C20H19BrN4O3/c21-15-3-1-12(2-4-15)18(26)20(28)25-8-7-13(11-25)19(27)23-16-5-6-17-14(9-16)10-22-24-17/h1-6,9-10,13,18,26H,7-8,11H2,(H,22,24)(H,23,27)/t13-,18?/m1/s1. The largest absolute Gasteiger partial charge is 0.378 e. The molecule has 1 fully saturated rings. The van der Waals surface area contributed by atoms with Crippen molar-refractivity contribution in [3.8, 4) is 0 Å². The molecule has 144 valence electrons. The maximum absolute atomic E-state index is 12.6. The Morgan fingerprint density at radius 2 is 2.04 bits per heavy atom. The number of carbonyl (C=O) groups excluding carboxylic acids is 2. The number of hydrogen-bond donors (Lipinski definition) is 3. The molecule has 3 N–H and O–H groups in total. The Bertz CT molecular complexity index is 1020. The average molecular weight is 443 g/mol. The summed E-state index contributed by atoms with van der Waals surface area (Å²) >= 11 is 3.33. The number of aliphatic hydroxyl groups excluding tert-OH is 1. The molecule has 4 rings (SSSR count). The van der Waals surface area contributed by atoms with Crippen LogP contribution in [0.3, 0.4) is 0 Å². The van der Waals surface area contributed by atoms with Crippen molar-refractivity contribution in [1.29, 1.82) is 0 Å². The molecule has 1 aromatic heterocycles. The highest BCUT2D eigenvalue weighted by Gasteiger charge is 2.34. The number of H-pyrrole nitrogens is 1. The first-order valence-electron chi connectivity index (χ1n) is 8.97. The second-order valence-electron chi connectivity index (χ2n) is 6.89. The third-order valence-electron chi connectivity index (χ3n) is 5.00. The Labute approximate surface area is 169 Å². The number of fused-ring (bicyclic) bond motifs is 1. The van der Waals surface area contributed by atoms with Gasteiger partial charge >= 0.3 is 0 Å². The SMILES string of the molecule is O=C(Nc1ccc2[nH]ncc2c1)[C@@H]1CCN(C(=O)C(O)c2ccc(Br)cc2)C1. The molecule has 0 bridgehead atoms. The lowest BCUT2D eigenvalue weighted by Crippen LogP contribution is -2.35. The van der Waals surface area contributed by atoms with Gasteiger partial charge in [-0.25, -0.2) is 0 Å². The Morgan fingerprint density at radius 1 is 1.25 bits per heavy atom. The van der Waals surface area contributed by atoms with E-state index in [1.54, 1.807) is 35.4 Å². The highest BCUT2D eigenvalue weighted by molar-refractivity contribution is 9.10. The van der Waals surface area contributed by atoms with Gasteiger partial charge in [0.05, 0.1) is 17.6 Å². The molecule has 2 amide bonds. The van der Waals surface area contributed by atoms with Gasteiger partial charge in [0.1, 0.15) is 0 Å². The lowest BCUT2D eigenvalue weighted by Gasteiger charge is -2.20. The number of aliphatic hydroxyl groups is 1. The highest BCUT2D eigenvalue weighted by Crippen LogP contribution is 2.25. The van der Waals surface area contributed by atoms with Crippen LogP contribution in [-0.2, 0) is 9.59 Å². The van der Waals surface area contributed by atoms with E-state index in [9.17, 15) is 14.7 Å². The van der Waals surface area contributed by atoms with Crippen LogP contribution in [0.15, 0.2) is 53.1 Å². The minimum Gasteiger partial charge on any atom is -0.378 e. The predicted octanol–water partition coefficient (Wildman–Crippen LogP) is 2.85. The van der Waals surface area contributed by atoms with Crippen molar-refractivity contribution in [3.63, 3.8) is 0 Å². The van der Waals surface area contributed by atoms with E-state index >= 15 is 0 Å². The number of hydrogen-bond acceptors (Lipinski definition) is 4. The fourth-order valence-corrected chi connectivity index (χ4v) is 3.66. The predicted molar refractivity (Wildman–Crippen MR) is 109 cm³/mol. The summed E-state index contributed by atoms with van der Waals surface area (Å²) < 4.78 is 0.877. The highest BCUT2D eigenvalue weighted by atomic mass is 79.9.